The number of morpholine rings is 1. The third-order valence-corrected chi connectivity index (χ3v) is 4.05. The zero-order valence-electron chi connectivity index (χ0n) is 10.7. The summed E-state index contributed by atoms with van der Waals surface area (Å²) < 4.78 is 5.89. The van der Waals surface area contributed by atoms with E-state index in [4.69, 9.17) is 10.5 Å². The second-order valence-corrected chi connectivity index (χ2v) is 5.56. The maximum atomic E-state index is 5.91. The van der Waals surface area contributed by atoms with E-state index in [0.29, 0.717) is 24.2 Å². The third kappa shape index (κ3) is 2.76. The Morgan fingerprint density at radius 3 is 2.81 bits per heavy atom. The lowest BCUT2D eigenvalue weighted by atomic mass is 9.88. The summed E-state index contributed by atoms with van der Waals surface area (Å²) in [6.07, 6.45) is 6.88. The largest absolute Gasteiger partial charge is 0.375 e. The van der Waals surface area contributed by atoms with Crippen LogP contribution in [-0.4, -0.2) is 42.3 Å². The van der Waals surface area contributed by atoms with Crippen molar-refractivity contribution in [1.82, 2.24) is 4.90 Å². The van der Waals surface area contributed by atoms with Gasteiger partial charge in [0.2, 0.25) is 0 Å². The van der Waals surface area contributed by atoms with Gasteiger partial charge in [0, 0.05) is 24.7 Å². The van der Waals surface area contributed by atoms with Gasteiger partial charge in [-0.05, 0) is 33.1 Å². The van der Waals surface area contributed by atoms with Gasteiger partial charge in [-0.25, -0.2) is 0 Å². The molecule has 2 fully saturated rings. The maximum Gasteiger partial charge on any atom is 0.0731 e. The van der Waals surface area contributed by atoms with Crippen LogP contribution in [0.4, 0.5) is 0 Å². The Morgan fingerprint density at radius 1 is 1.31 bits per heavy atom. The van der Waals surface area contributed by atoms with Crippen LogP contribution in [0.1, 0.15) is 46.0 Å². The molecule has 0 amide bonds. The van der Waals surface area contributed by atoms with Crippen molar-refractivity contribution in [3.8, 4) is 0 Å². The predicted molar refractivity (Wildman–Crippen MR) is 66.4 cm³/mol. The Hall–Kier alpha value is -0.120. The first-order chi connectivity index (χ1) is 7.68. The van der Waals surface area contributed by atoms with Crippen molar-refractivity contribution in [2.75, 3.05) is 13.2 Å². The van der Waals surface area contributed by atoms with Gasteiger partial charge < -0.3 is 10.5 Å². The standard InChI is InChI=1S/C13H26N2O/c1-10(14)9-11(2)15-7-8-16-13-6-4-3-5-12(13)15/h10-13H,3-9,14H2,1-2H3. The van der Waals surface area contributed by atoms with Crippen LogP contribution in [0, 0.1) is 0 Å². The van der Waals surface area contributed by atoms with E-state index in [1.807, 2.05) is 0 Å². The monoisotopic (exact) mass is 226 g/mol. The second kappa shape index (κ2) is 5.48. The molecule has 4 unspecified atom stereocenters. The molecule has 0 aromatic rings. The van der Waals surface area contributed by atoms with Gasteiger partial charge in [0.05, 0.1) is 12.7 Å². The summed E-state index contributed by atoms with van der Waals surface area (Å²) in [5, 5.41) is 0. The third-order valence-electron chi connectivity index (χ3n) is 4.05. The van der Waals surface area contributed by atoms with Gasteiger partial charge in [0.15, 0.2) is 0 Å². The molecule has 1 heterocycles. The molecule has 16 heavy (non-hydrogen) atoms. The highest BCUT2D eigenvalue weighted by atomic mass is 16.5. The van der Waals surface area contributed by atoms with Crippen molar-refractivity contribution in [1.29, 1.82) is 0 Å². The molecule has 2 N–H and O–H groups in total. The minimum absolute atomic E-state index is 0.305. The Kier molecular flexibility index (Phi) is 4.22. The summed E-state index contributed by atoms with van der Waals surface area (Å²) >= 11 is 0. The molecule has 1 aliphatic carbocycles. The van der Waals surface area contributed by atoms with Crippen molar-refractivity contribution in [2.24, 2.45) is 5.73 Å². The summed E-state index contributed by atoms with van der Waals surface area (Å²) in [7, 11) is 0. The first-order valence-corrected chi connectivity index (χ1v) is 6.81. The molecular formula is C13H26N2O. The van der Waals surface area contributed by atoms with Crippen molar-refractivity contribution in [3.63, 3.8) is 0 Å². The fourth-order valence-electron chi connectivity index (χ4n) is 3.35. The average molecular weight is 226 g/mol. The van der Waals surface area contributed by atoms with Gasteiger partial charge in [-0.15, -0.1) is 0 Å². The highest BCUT2D eigenvalue weighted by Gasteiger charge is 2.36. The van der Waals surface area contributed by atoms with Crippen molar-refractivity contribution in [2.45, 2.75) is 70.2 Å². The summed E-state index contributed by atoms with van der Waals surface area (Å²) in [6.45, 7) is 6.43. The zero-order chi connectivity index (χ0) is 11.5. The molecule has 1 saturated carbocycles. The van der Waals surface area contributed by atoms with Gasteiger partial charge in [-0.3, -0.25) is 4.90 Å². The smallest absolute Gasteiger partial charge is 0.0731 e. The Balaban J connectivity index is 1.96. The number of nitrogens with two attached hydrogens (primary N) is 1. The van der Waals surface area contributed by atoms with Crippen LogP contribution in [-0.2, 0) is 4.74 Å². The van der Waals surface area contributed by atoms with Crippen LogP contribution < -0.4 is 5.73 Å². The molecule has 0 spiro atoms. The molecule has 3 heteroatoms. The molecule has 2 rings (SSSR count). The lowest BCUT2D eigenvalue weighted by Gasteiger charge is -2.46. The van der Waals surface area contributed by atoms with E-state index in [2.05, 4.69) is 18.7 Å². The van der Waals surface area contributed by atoms with Crippen LogP contribution in [0.5, 0.6) is 0 Å². The van der Waals surface area contributed by atoms with E-state index in [1.165, 1.54) is 25.7 Å². The molecule has 4 atom stereocenters. The molecule has 0 aromatic heterocycles. The molecule has 3 nitrogen and oxygen atoms in total. The van der Waals surface area contributed by atoms with E-state index < -0.39 is 0 Å². The van der Waals surface area contributed by atoms with E-state index in [1.54, 1.807) is 0 Å². The first kappa shape index (κ1) is 12.3. The van der Waals surface area contributed by atoms with Gasteiger partial charge >= 0.3 is 0 Å². The molecule has 1 saturated heterocycles. The number of hydrogen-bond donors (Lipinski definition) is 1. The molecule has 0 bridgehead atoms. The van der Waals surface area contributed by atoms with Gasteiger partial charge in [-0.1, -0.05) is 12.8 Å². The molecular weight excluding hydrogens is 200 g/mol. The quantitative estimate of drug-likeness (QED) is 0.797. The van der Waals surface area contributed by atoms with E-state index in [9.17, 15) is 0 Å². The van der Waals surface area contributed by atoms with Crippen LogP contribution in [0.2, 0.25) is 0 Å². The van der Waals surface area contributed by atoms with Gasteiger partial charge in [0.25, 0.3) is 0 Å². The normalized spacial score (nSPS) is 35.4. The lowest BCUT2D eigenvalue weighted by Crippen LogP contribution is -2.56. The van der Waals surface area contributed by atoms with E-state index in [0.717, 1.165) is 19.6 Å². The Bertz CT molecular complexity index is 218. The molecule has 2 aliphatic rings. The predicted octanol–water partition coefficient (Wildman–Crippen LogP) is 1.76. The average Bonchev–Trinajstić information content (AvgIpc) is 2.27. The van der Waals surface area contributed by atoms with Gasteiger partial charge in [-0.2, -0.15) is 0 Å². The number of nitrogens with zero attached hydrogens (tertiary/aromatic N) is 1. The summed E-state index contributed by atoms with van der Waals surface area (Å²) in [6, 6.07) is 1.57. The number of fused-ring (bicyclic) bond motifs is 1. The van der Waals surface area contributed by atoms with Crippen LogP contribution in [0.15, 0.2) is 0 Å². The molecule has 0 aromatic carbocycles. The Labute approximate surface area is 99.3 Å². The summed E-state index contributed by atoms with van der Waals surface area (Å²) in [5.74, 6) is 0. The molecule has 1 aliphatic heterocycles. The highest BCUT2D eigenvalue weighted by molar-refractivity contribution is 4.90. The zero-order valence-corrected chi connectivity index (χ0v) is 10.7. The Morgan fingerprint density at radius 2 is 2.06 bits per heavy atom. The minimum atomic E-state index is 0.305. The molecule has 94 valence electrons. The highest BCUT2D eigenvalue weighted by Crippen LogP contribution is 2.30. The SMILES string of the molecule is CC(N)CC(C)N1CCOC2CCCCC21. The summed E-state index contributed by atoms with van der Waals surface area (Å²) in [4.78, 5) is 2.65. The maximum absolute atomic E-state index is 5.91. The molecule has 0 radical (unpaired) electrons. The second-order valence-electron chi connectivity index (χ2n) is 5.56. The topological polar surface area (TPSA) is 38.5 Å². The van der Waals surface area contributed by atoms with E-state index >= 15 is 0 Å². The summed E-state index contributed by atoms with van der Waals surface area (Å²) in [5.41, 5.74) is 5.91. The van der Waals surface area contributed by atoms with Gasteiger partial charge in [0.1, 0.15) is 0 Å². The minimum Gasteiger partial charge on any atom is -0.375 e. The van der Waals surface area contributed by atoms with Crippen molar-refractivity contribution >= 4 is 0 Å². The van der Waals surface area contributed by atoms with Crippen molar-refractivity contribution < 1.29 is 4.74 Å². The number of ether oxygens (including phenoxy) is 1. The fourth-order valence-corrected chi connectivity index (χ4v) is 3.35. The van der Waals surface area contributed by atoms with E-state index in [-0.39, 0.29) is 0 Å². The number of hydrogen-bond acceptors (Lipinski definition) is 3. The van der Waals surface area contributed by atoms with Crippen molar-refractivity contribution in [3.05, 3.63) is 0 Å². The first-order valence-electron chi connectivity index (χ1n) is 6.81. The number of rotatable bonds is 3. The lowest BCUT2D eigenvalue weighted by molar-refractivity contribution is -0.101. The van der Waals surface area contributed by atoms with Crippen LogP contribution >= 0.6 is 0 Å². The fraction of sp³-hybridized carbons (Fsp3) is 1.00. The van der Waals surface area contributed by atoms with Crippen LogP contribution in [0.25, 0.3) is 0 Å². The van der Waals surface area contributed by atoms with Crippen LogP contribution in [0.3, 0.4) is 0 Å².